The number of amides is 4. The number of hydrogen-bond donors (Lipinski definition) is 1. The van der Waals surface area contributed by atoms with Gasteiger partial charge >= 0.3 is 6.03 Å². The largest absolute Gasteiger partial charge is 0.497 e. The molecule has 1 aromatic carbocycles. The minimum atomic E-state index is -0.780. The second kappa shape index (κ2) is 10.1. The fourth-order valence-electron chi connectivity index (χ4n) is 5.61. The van der Waals surface area contributed by atoms with Gasteiger partial charge in [-0.2, -0.15) is 0 Å². The van der Waals surface area contributed by atoms with Gasteiger partial charge in [-0.15, -0.1) is 0 Å². The lowest BCUT2D eigenvalue weighted by atomic mass is 9.75. The molecule has 1 spiro atoms. The van der Waals surface area contributed by atoms with E-state index in [1.54, 1.807) is 7.11 Å². The topological polar surface area (TPSA) is 79.0 Å². The van der Waals surface area contributed by atoms with Crippen LogP contribution in [0.5, 0.6) is 5.75 Å². The molecule has 0 radical (unpaired) electrons. The number of ether oxygens (including phenoxy) is 1. The summed E-state index contributed by atoms with van der Waals surface area (Å²) in [6.07, 6.45) is 8.42. The quantitative estimate of drug-likeness (QED) is 0.635. The number of rotatable bonds is 7. The fourth-order valence-corrected chi connectivity index (χ4v) is 5.61. The van der Waals surface area contributed by atoms with Crippen molar-refractivity contribution in [1.29, 1.82) is 0 Å². The van der Waals surface area contributed by atoms with Crippen molar-refractivity contribution in [2.75, 3.05) is 26.7 Å². The van der Waals surface area contributed by atoms with E-state index in [9.17, 15) is 14.4 Å². The minimum absolute atomic E-state index is 0.119. The van der Waals surface area contributed by atoms with Gasteiger partial charge in [0, 0.05) is 13.1 Å². The van der Waals surface area contributed by atoms with E-state index in [2.05, 4.69) is 24.4 Å². The zero-order chi connectivity index (χ0) is 23.4. The maximum atomic E-state index is 13.1. The van der Waals surface area contributed by atoms with Crippen molar-refractivity contribution in [3.63, 3.8) is 0 Å². The summed E-state index contributed by atoms with van der Waals surface area (Å²) in [7, 11) is 1.67. The molecule has 7 heteroatoms. The Labute approximate surface area is 196 Å². The van der Waals surface area contributed by atoms with E-state index in [0.29, 0.717) is 37.8 Å². The third-order valence-corrected chi connectivity index (χ3v) is 8.04. The molecule has 0 atom stereocenters. The Kier molecular flexibility index (Phi) is 7.25. The highest BCUT2D eigenvalue weighted by molar-refractivity contribution is 6.09. The lowest BCUT2D eigenvalue weighted by molar-refractivity contribution is -0.140. The summed E-state index contributed by atoms with van der Waals surface area (Å²) in [5, 5.41) is 2.93. The normalized spacial score (nSPS) is 26.1. The van der Waals surface area contributed by atoms with E-state index < -0.39 is 11.6 Å². The molecule has 3 aliphatic rings. The Morgan fingerprint density at radius 1 is 1.06 bits per heavy atom. The number of carbonyl (C=O) groups is 3. The van der Waals surface area contributed by atoms with Gasteiger partial charge in [-0.05, 0) is 80.9 Å². The van der Waals surface area contributed by atoms with Crippen LogP contribution in [0.1, 0.15) is 63.9 Å². The molecule has 2 saturated heterocycles. The summed E-state index contributed by atoms with van der Waals surface area (Å²) < 4.78 is 5.21. The van der Waals surface area contributed by atoms with Crippen LogP contribution >= 0.6 is 0 Å². The standard InChI is InChI=1S/C26H37N3O4/c1-3-19-10-14-26(15-11-19)24(31)29(25(32)27-26)18-23(30)28-16-12-21(13-17-28)5-4-20-6-8-22(33-2)9-7-20/h6-9,19,21H,3-5,10-18H2,1-2H3,(H,27,32). The smallest absolute Gasteiger partial charge is 0.325 e. The zero-order valence-electron chi connectivity index (χ0n) is 20.0. The van der Waals surface area contributed by atoms with Crippen LogP contribution in [-0.2, 0) is 16.0 Å². The van der Waals surface area contributed by atoms with Crippen LogP contribution in [0.15, 0.2) is 24.3 Å². The Morgan fingerprint density at radius 3 is 2.33 bits per heavy atom. The van der Waals surface area contributed by atoms with E-state index in [0.717, 1.165) is 55.6 Å². The summed E-state index contributed by atoms with van der Waals surface area (Å²) in [6.45, 7) is 3.42. The predicted octanol–water partition coefficient (Wildman–Crippen LogP) is 3.76. The molecule has 2 heterocycles. The predicted molar refractivity (Wildman–Crippen MR) is 126 cm³/mol. The first-order valence-corrected chi connectivity index (χ1v) is 12.5. The lowest BCUT2D eigenvalue weighted by Gasteiger charge is -2.35. The second-order valence-corrected chi connectivity index (χ2v) is 9.97. The third kappa shape index (κ3) is 5.17. The molecule has 0 aromatic heterocycles. The van der Waals surface area contributed by atoms with Gasteiger partial charge in [-0.25, -0.2) is 4.79 Å². The summed E-state index contributed by atoms with van der Waals surface area (Å²) in [5.74, 6) is 1.76. The van der Waals surface area contributed by atoms with Crippen LogP contribution in [0.2, 0.25) is 0 Å². The molecule has 7 nitrogen and oxygen atoms in total. The molecule has 0 bridgehead atoms. The first kappa shape index (κ1) is 23.6. The van der Waals surface area contributed by atoms with Crippen LogP contribution < -0.4 is 10.1 Å². The zero-order valence-corrected chi connectivity index (χ0v) is 20.0. The number of imide groups is 1. The van der Waals surface area contributed by atoms with Gasteiger partial charge in [0.2, 0.25) is 5.91 Å². The van der Waals surface area contributed by atoms with Gasteiger partial charge in [0.25, 0.3) is 5.91 Å². The molecule has 180 valence electrons. The third-order valence-electron chi connectivity index (χ3n) is 8.04. The SMILES string of the molecule is CCC1CCC2(CC1)NC(=O)N(CC(=O)N1CCC(CCc3ccc(OC)cc3)CC1)C2=O. The maximum Gasteiger partial charge on any atom is 0.325 e. The van der Waals surface area contributed by atoms with Gasteiger partial charge in [-0.1, -0.05) is 25.5 Å². The number of benzene rings is 1. The number of hydrogen-bond acceptors (Lipinski definition) is 4. The summed E-state index contributed by atoms with van der Waals surface area (Å²) >= 11 is 0. The monoisotopic (exact) mass is 455 g/mol. The average molecular weight is 456 g/mol. The minimum Gasteiger partial charge on any atom is -0.497 e. The summed E-state index contributed by atoms with van der Waals surface area (Å²) in [4.78, 5) is 41.5. The molecule has 4 amide bonds. The van der Waals surface area contributed by atoms with Gasteiger partial charge in [0.05, 0.1) is 7.11 Å². The van der Waals surface area contributed by atoms with Crippen molar-refractivity contribution >= 4 is 17.8 Å². The second-order valence-electron chi connectivity index (χ2n) is 9.97. The number of aryl methyl sites for hydroxylation is 1. The highest BCUT2D eigenvalue weighted by Gasteiger charge is 2.52. The van der Waals surface area contributed by atoms with Crippen molar-refractivity contribution in [3.05, 3.63) is 29.8 Å². The highest BCUT2D eigenvalue weighted by atomic mass is 16.5. The van der Waals surface area contributed by atoms with E-state index in [1.807, 2.05) is 17.0 Å². The van der Waals surface area contributed by atoms with Crippen LogP contribution in [0.25, 0.3) is 0 Å². The molecule has 1 saturated carbocycles. The first-order chi connectivity index (χ1) is 15.9. The molecule has 33 heavy (non-hydrogen) atoms. The van der Waals surface area contributed by atoms with E-state index in [1.165, 1.54) is 5.56 Å². The van der Waals surface area contributed by atoms with E-state index in [-0.39, 0.29) is 18.4 Å². The molecule has 2 aliphatic heterocycles. The van der Waals surface area contributed by atoms with Gasteiger partial charge < -0.3 is 15.0 Å². The van der Waals surface area contributed by atoms with Crippen molar-refractivity contribution in [3.8, 4) is 5.75 Å². The van der Waals surface area contributed by atoms with Gasteiger partial charge in [0.15, 0.2) is 0 Å². The van der Waals surface area contributed by atoms with Crippen molar-refractivity contribution in [2.45, 2.75) is 70.3 Å². The average Bonchev–Trinajstić information content (AvgIpc) is 3.07. The number of likely N-dealkylation sites (tertiary alicyclic amines) is 1. The van der Waals surface area contributed by atoms with E-state index >= 15 is 0 Å². The number of nitrogens with one attached hydrogen (secondary N) is 1. The lowest BCUT2D eigenvalue weighted by Crippen LogP contribution is -2.50. The molecule has 1 N–H and O–H groups in total. The van der Waals surface area contributed by atoms with Crippen molar-refractivity contribution in [2.24, 2.45) is 11.8 Å². The molecule has 4 rings (SSSR count). The summed E-state index contributed by atoms with van der Waals surface area (Å²) in [5.41, 5.74) is 0.520. The Hall–Kier alpha value is -2.57. The molecule has 0 unspecified atom stereocenters. The van der Waals surface area contributed by atoms with Crippen LogP contribution in [0.4, 0.5) is 4.79 Å². The van der Waals surface area contributed by atoms with Gasteiger partial charge in [-0.3, -0.25) is 14.5 Å². The molecule has 1 aliphatic carbocycles. The Bertz CT molecular complexity index is 853. The number of nitrogens with zero attached hydrogens (tertiary/aromatic N) is 2. The first-order valence-electron chi connectivity index (χ1n) is 12.5. The summed E-state index contributed by atoms with van der Waals surface area (Å²) in [6, 6.07) is 7.80. The number of piperidine rings is 1. The molecular formula is C26H37N3O4. The number of methoxy groups -OCH3 is 1. The molecular weight excluding hydrogens is 418 g/mol. The van der Waals surface area contributed by atoms with Crippen molar-refractivity contribution < 1.29 is 19.1 Å². The van der Waals surface area contributed by atoms with Crippen molar-refractivity contribution in [1.82, 2.24) is 15.1 Å². The maximum absolute atomic E-state index is 13.1. The fraction of sp³-hybridized carbons (Fsp3) is 0.654. The van der Waals surface area contributed by atoms with Gasteiger partial charge in [0.1, 0.15) is 17.8 Å². The van der Waals surface area contributed by atoms with Crippen LogP contribution in [0.3, 0.4) is 0 Å². The highest BCUT2D eigenvalue weighted by Crippen LogP contribution is 2.37. The Balaban J connectivity index is 1.23. The number of carbonyl (C=O) groups excluding carboxylic acids is 3. The molecule has 1 aromatic rings. The number of urea groups is 1. The molecule has 3 fully saturated rings. The van der Waals surface area contributed by atoms with Crippen LogP contribution in [-0.4, -0.2) is 59.9 Å². The van der Waals surface area contributed by atoms with Crippen LogP contribution in [0, 0.1) is 11.8 Å². The Morgan fingerprint density at radius 2 is 1.73 bits per heavy atom. The van der Waals surface area contributed by atoms with E-state index in [4.69, 9.17) is 4.74 Å².